The summed E-state index contributed by atoms with van der Waals surface area (Å²) in [6.07, 6.45) is 2.22. The summed E-state index contributed by atoms with van der Waals surface area (Å²) in [7, 11) is 0. The molecule has 0 saturated carbocycles. The molecule has 2 aliphatic rings. The van der Waals surface area contributed by atoms with Crippen LogP contribution < -0.4 is 0 Å². The summed E-state index contributed by atoms with van der Waals surface area (Å²) in [6, 6.07) is 2.15. The van der Waals surface area contributed by atoms with Crippen LogP contribution in [-0.4, -0.2) is 59.5 Å². The second kappa shape index (κ2) is 7.49. The number of hydrogen-bond donors (Lipinski definition) is 0. The van der Waals surface area contributed by atoms with Gasteiger partial charge in [0.2, 0.25) is 0 Å². The molecule has 3 rings (SSSR count). The van der Waals surface area contributed by atoms with Crippen molar-refractivity contribution >= 4 is 44.9 Å². The van der Waals surface area contributed by atoms with Crippen molar-refractivity contribution in [1.29, 1.82) is 0 Å². The maximum absolute atomic E-state index is 12.7. The third kappa shape index (κ3) is 3.84. The first-order chi connectivity index (χ1) is 10.3. The van der Waals surface area contributed by atoms with E-state index in [4.69, 9.17) is 0 Å². The lowest BCUT2D eigenvalue weighted by Crippen LogP contribution is -2.35. The molecule has 0 unspecified atom stereocenters. The summed E-state index contributed by atoms with van der Waals surface area (Å²) in [5, 5.41) is 1.01. The van der Waals surface area contributed by atoms with E-state index >= 15 is 0 Å². The van der Waals surface area contributed by atoms with E-state index in [2.05, 4.69) is 31.8 Å². The number of thiophene rings is 1. The van der Waals surface area contributed by atoms with E-state index in [0.29, 0.717) is 0 Å². The van der Waals surface area contributed by atoms with Gasteiger partial charge in [0.05, 0.1) is 4.88 Å². The third-order valence-corrected chi connectivity index (χ3v) is 6.70. The van der Waals surface area contributed by atoms with Gasteiger partial charge in [0.15, 0.2) is 0 Å². The molecule has 0 N–H and O–H groups in total. The van der Waals surface area contributed by atoms with Crippen LogP contribution in [0.5, 0.6) is 0 Å². The van der Waals surface area contributed by atoms with E-state index in [1.807, 2.05) is 11.8 Å². The number of aryl methyl sites for hydroxylation is 1. The summed E-state index contributed by atoms with van der Waals surface area (Å²) in [5.41, 5.74) is 1.40. The molecule has 1 aromatic heterocycles. The molecule has 3 heterocycles. The molecule has 1 fully saturated rings. The first kappa shape index (κ1) is 15.8. The van der Waals surface area contributed by atoms with Crippen molar-refractivity contribution in [2.45, 2.75) is 18.6 Å². The van der Waals surface area contributed by atoms with Crippen LogP contribution in [0.25, 0.3) is 0 Å². The van der Waals surface area contributed by atoms with Crippen molar-refractivity contribution in [2.24, 2.45) is 0 Å². The van der Waals surface area contributed by atoms with Gasteiger partial charge < -0.3 is 9.80 Å². The number of hydrogen-bond acceptors (Lipinski definition) is 4. The van der Waals surface area contributed by atoms with Crippen LogP contribution in [0.1, 0.15) is 26.5 Å². The van der Waals surface area contributed by atoms with E-state index in [-0.39, 0.29) is 5.91 Å². The summed E-state index contributed by atoms with van der Waals surface area (Å²) in [6.45, 7) is 4.94. The average molecular weight is 389 g/mol. The lowest BCUT2D eigenvalue weighted by atomic mass is 10.2. The molecule has 21 heavy (non-hydrogen) atoms. The topological polar surface area (TPSA) is 23.6 Å². The van der Waals surface area contributed by atoms with Crippen molar-refractivity contribution in [3.63, 3.8) is 0 Å². The second-order valence-corrected chi connectivity index (χ2v) is 8.57. The Hall–Kier alpha value is -0.0400. The summed E-state index contributed by atoms with van der Waals surface area (Å²) in [4.78, 5) is 19.6. The molecule has 3 nitrogen and oxygen atoms in total. The fourth-order valence-corrected chi connectivity index (χ4v) is 5.77. The van der Waals surface area contributed by atoms with Crippen LogP contribution in [0.15, 0.2) is 6.07 Å². The summed E-state index contributed by atoms with van der Waals surface area (Å²) < 4.78 is 0. The van der Waals surface area contributed by atoms with Gasteiger partial charge in [0, 0.05) is 42.1 Å². The van der Waals surface area contributed by atoms with Crippen molar-refractivity contribution in [2.75, 3.05) is 43.8 Å². The van der Waals surface area contributed by atoms with Crippen molar-refractivity contribution < 1.29 is 4.79 Å². The highest BCUT2D eigenvalue weighted by atomic mass is 79.9. The Morgan fingerprint density at radius 1 is 1.29 bits per heavy atom. The Kier molecular flexibility index (Phi) is 5.65. The Morgan fingerprint density at radius 2 is 2.19 bits per heavy atom. The number of nitrogens with zero attached hydrogens (tertiary/aromatic N) is 2. The lowest BCUT2D eigenvalue weighted by Gasteiger charge is -2.21. The maximum atomic E-state index is 12.7. The van der Waals surface area contributed by atoms with E-state index < -0.39 is 0 Å². The fourth-order valence-electron chi connectivity index (χ4n) is 2.93. The maximum Gasteiger partial charge on any atom is 0.263 e. The number of carbonyl (C=O) groups excluding carboxylic acids is 1. The number of halogens is 1. The fraction of sp³-hybridized carbons (Fsp3) is 0.667. The zero-order chi connectivity index (χ0) is 14.7. The van der Waals surface area contributed by atoms with Crippen LogP contribution >= 0.6 is 39.0 Å². The SMILES string of the molecule is O=C(c1cc2c(s1)CCSC2)N1CCCN(CCBr)CC1. The molecule has 0 bridgehead atoms. The molecule has 6 heteroatoms. The third-order valence-electron chi connectivity index (χ3n) is 4.11. The van der Waals surface area contributed by atoms with Gasteiger partial charge in [0.25, 0.3) is 5.91 Å². The van der Waals surface area contributed by atoms with Crippen LogP contribution in [0.4, 0.5) is 0 Å². The lowest BCUT2D eigenvalue weighted by molar-refractivity contribution is 0.0766. The minimum Gasteiger partial charge on any atom is -0.337 e. The molecular formula is C15H21BrN2OS2. The molecular weight excluding hydrogens is 368 g/mol. The Bertz CT molecular complexity index is 482. The number of carbonyl (C=O) groups is 1. The monoisotopic (exact) mass is 388 g/mol. The van der Waals surface area contributed by atoms with E-state index in [9.17, 15) is 4.79 Å². The molecule has 0 atom stereocenters. The molecule has 116 valence electrons. The second-order valence-electron chi connectivity index (χ2n) is 5.54. The highest BCUT2D eigenvalue weighted by Crippen LogP contribution is 2.32. The molecule has 2 aliphatic heterocycles. The number of rotatable bonds is 3. The number of fused-ring (bicyclic) bond motifs is 1. The minimum atomic E-state index is 0.250. The highest BCUT2D eigenvalue weighted by Gasteiger charge is 2.23. The smallest absolute Gasteiger partial charge is 0.263 e. The molecule has 0 spiro atoms. The molecule has 0 radical (unpaired) electrons. The first-order valence-corrected chi connectivity index (χ1v) is 10.6. The summed E-state index contributed by atoms with van der Waals surface area (Å²) >= 11 is 7.21. The molecule has 0 aliphatic carbocycles. The number of amides is 1. The summed E-state index contributed by atoms with van der Waals surface area (Å²) in [5.74, 6) is 2.53. The predicted molar refractivity (Wildman–Crippen MR) is 94.9 cm³/mol. The Balaban J connectivity index is 1.66. The molecule has 0 aromatic carbocycles. The molecule has 1 amide bonds. The normalized spacial score (nSPS) is 20.1. The predicted octanol–water partition coefficient (Wildman–Crippen LogP) is 3.08. The van der Waals surface area contributed by atoms with Crippen molar-refractivity contribution in [3.05, 3.63) is 21.4 Å². The van der Waals surface area contributed by atoms with Crippen molar-refractivity contribution in [3.8, 4) is 0 Å². The number of thioether (sulfide) groups is 1. The zero-order valence-corrected chi connectivity index (χ0v) is 15.4. The average Bonchev–Trinajstić information content (AvgIpc) is 2.80. The Labute approximate surface area is 143 Å². The van der Waals surface area contributed by atoms with E-state index in [1.165, 1.54) is 16.2 Å². The minimum absolute atomic E-state index is 0.250. The quantitative estimate of drug-likeness (QED) is 0.743. The standard InChI is InChI=1S/C15H21BrN2OS2/c16-3-6-17-4-1-5-18(8-7-17)15(19)14-10-12-11-20-9-2-13(12)21-14/h10H,1-9,11H2. The van der Waals surface area contributed by atoms with Gasteiger partial charge in [-0.3, -0.25) is 4.79 Å². The molecule has 1 saturated heterocycles. The van der Waals surface area contributed by atoms with Crippen LogP contribution in [0, 0.1) is 0 Å². The van der Waals surface area contributed by atoms with Crippen LogP contribution in [-0.2, 0) is 12.2 Å². The van der Waals surface area contributed by atoms with Gasteiger partial charge >= 0.3 is 0 Å². The molecule has 1 aromatic rings. The van der Waals surface area contributed by atoms with Crippen molar-refractivity contribution in [1.82, 2.24) is 9.80 Å². The van der Waals surface area contributed by atoms with Gasteiger partial charge in [-0.1, -0.05) is 15.9 Å². The van der Waals surface area contributed by atoms with E-state index in [0.717, 1.165) is 61.5 Å². The van der Waals surface area contributed by atoms with E-state index in [1.54, 1.807) is 11.3 Å². The van der Waals surface area contributed by atoms with Gasteiger partial charge in [-0.2, -0.15) is 11.8 Å². The van der Waals surface area contributed by atoms with Gasteiger partial charge in [-0.05, 0) is 36.8 Å². The zero-order valence-electron chi connectivity index (χ0n) is 12.1. The van der Waals surface area contributed by atoms with Gasteiger partial charge in [-0.15, -0.1) is 11.3 Å². The largest absolute Gasteiger partial charge is 0.337 e. The Morgan fingerprint density at radius 3 is 3.00 bits per heavy atom. The van der Waals surface area contributed by atoms with Crippen LogP contribution in [0.3, 0.4) is 0 Å². The number of alkyl halides is 1. The van der Waals surface area contributed by atoms with Crippen LogP contribution in [0.2, 0.25) is 0 Å². The first-order valence-electron chi connectivity index (χ1n) is 7.55. The van der Waals surface area contributed by atoms with Gasteiger partial charge in [-0.25, -0.2) is 0 Å². The van der Waals surface area contributed by atoms with Gasteiger partial charge in [0.1, 0.15) is 0 Å². The highest BCUT2D eigenvalue weighted by molar-refractivity contribution is 9.09.